The number of rotatable bonds is 9. The lowest BCUT2D eigenvalue weighted by Crippen LogP contribution is -2.39. The van der Waals surface area contributed by atoms with Crippen molar-refractivity contribution in [2.24, 2.45) is 24.9 Å². The summed E-state index contributed by atoms with van der Waals surface area (Å²) in [6.07, 6.45) is 8.51. The highest BCUT2D eigenvalue weighted by atomic mass is 35.5. The van der Waals surface area contributed by atoms with Crippen molar-refractivity contribution in [3.63, 3.8) is 0 Å². The maximum Gasteiger partial charge on any atom is 0.291 e. The first-order valence-corrected chi connectivity index (χ1v) is 18.5. The second-order valence-corrected chi connectivity index (χ2v) is 16.0. The Morgan fingerprint density at radius 3 is 2.25 bits per heavy atom. The number of aromatic nitrogens is 4. The van der Waals surface area contributed by atoms with Crippen molar-refractivity contribution >= 4 is 40.9 Å². The molecular weight excluding hydrogens is 660 g/mol. The number of carbonyl (C=O) groups excluding carboxylic acids is 2. The van der Waals surface area contributed by atoms with Gasteiger partial charge in [0.1, 0.15) is 6.29 Å². The number of anilines is 2. The minimum Gasteiger partial charge on any atom is -0.352 e. The van der Waals surface area contributed by atoms with E-state index in [-0.39, 0.29) is 16.7 Å². The molecule has 2 fully saturated rings. The molecule has 11 heteroatoms. The summed E-state index contributed by atoms with van der Waals surface area (Å²) in [5, 5.41) is 7.15. The summed E-state index contributed by atoms with van der Waals surface area (Å²) in [5.41, 5.74) is 9.47. The zero-order chi connectivity index (χ0) is 35.7. The number of nitrogens with one attached hydrogen (secondary N) is 2. The predicted molar refractivity (Wildman–Crippen MR) is 202 cm³/mol. The molecule has 0 atom stereocenters. The molecule has 10 nitrogen and oxygen atoms in total. The third-order valence-electron chi connectivity index (χ3n) is 12.3. The quantitative estimate of drug-likeness (QED) is 0.189. The summed E-state index contributed by atoms with van der Waals surface area (Å²) < 4.78 is 4.08. The maximum absolute atomic E-state index is 13.5. The van der Waals surface area contributed by atoms with Crippen LogP contribution in [0.25, 0.3) is 16.8 Å². The fraction of sp³-hybridized carbons (Fsp3) is 0.450. The summed E-state index contributed by atoms with van der Waals surface area (Å²) in [4.78, 5) is 39.9. The fourth-order valence-corrected chi connectivity index (χ4v) is 9.65. The number of halogens is 1. The molecule has 2 aliphatic carbocycles. The summed E-state index contributed by atoms with van der Waals surface area (Å²) in [6.45, 7) is 10.9. The Morgan fingerprint density at radius 1 is 0.882 bits per heavy atom. The molecular formula is C40H47ClN8O2. The van der Waals surface area contributed by atoms with Gasteiger partial charge in [0.05, 0.1) is 27.8 Å². The average molecular weight is 707 g/mol. The lowest BCUT2D eigenvalue weighted by molar-refractivity contribution is -0.115. The van der Waals surface area contributed by atoms with E-state index >= 15 is 0 Å². The number of aldehydes is 1. The molecule has 4 aromatic rings. The molecule has 2 aromatic heterocycles. The molecule has 51 heavy (non-hydrogen) atoms. The van der Waals surface area contributed by atoms with Gasteiger partial charge in [0.15, 0.2) is 11.6 Å². The molecule has 1 amide bonds. The van der Waals surface area contributed by atoms with Crippen LogP contribution in [0, 0.1) is 17.8 Å². The molecule has 0 saturated heterocycles. The summed E-state index contributed by atoms with van der Waals surface area (Å²) in [5.74, 6) is 0.983. The van der Waals surface area contributed by atoms with Crippen molar-refractivity contribution < 1.29 is 9.59 Å². The average Bonchev–Trinajstić information content (AvgIpc) is 3.86. The van der Waals surface area contributed by atoms with E-state index in [0.717, 1.165) is 123 Å². The van der Waals surface area contributed by atoms with Crippen molar-refractivity contribution in [3.8, 4) is 11.1 Å². The monoisotopic (exact) mass is 706 g/mol. The number of hydrogen-bond donors (Lipinski definition) is 2. The van der Waals surface area contributed by atoms with E-state index in [4.69, 9.17) is 21.6 Å². The Balaban J connectivity index is 0.978. The van der Waals surface area contributed by atoms with Crippen LogP contribution in [0.3, 0.4) is 0 Å². The van der Waals surface area contributed by atoms with Gasteiger partial charge in [-0.3, -0.25) is 9.69 Å². The smallest absolute Gasteiger partial charge is 0.291 e. The van der Waals surface area contributed by atoms with Crippen LogP contribution in [0.1, 0.15) is 76.9 Å². The van der Waals surface area contributed by atoms with Gasteiger partial charge in [0.2, 0.25) is 0 Å². The van der Waals surface area contributed by atoms with Gasteiger partial charge in [0.25, 0.3) is 5.91 Å². The van der Waals surface area contributed by atoms with E-state index in [9.17, 15) is 9.59 Å². The molecule has 0 spiro atoms. The zero-order valence-electron chi connectivity index (χ0n) is 30.1. The van der Waals surface area contributed by atoms with Crippen LogP contribution in [-0.2, 0) is 44.8 Å². The molecule has 266 valence electrons. The van der Waals surface area contributed by atoms with Crippen molar-refractivity contribution in [1.29, 1.82) is 0 Å². The summed E-state index contributed by atoms with van der Waals surface area (Å²) in [7, 11) is 6.05. The molecule has 2 N–H and O–H groups in total. The second kappa shape index (κ2) is 12.8. The number of imidazole rings is 2. The van der Waals surface area contributed by atoms with Crippen molar-refractivity contribution in [3.05, 3.63) is 88.0 Å². The van der Waals surface area contributed by atoms with Crippen LogP contribution in [0.2, 0.25) is 5.02 Å². The van der Waals surface area contributed by atoms with Crippen LogP contribution in [0.15, 0.2) is 43.0 Å². The van der Waals surface area contributed by atoms with Gasteiger partial charge in [-0.15, -0.1) is 0 Å². The number of amides is 1. The van der Waals surface area contributed by atoms with E-state index in [1.807, 2.05) is 54.9 Å². The third kappa shape index (κ3) is 5.91. The molecule has 8 rings (SSSR count). The lowest BCUT2D eigenvalue weighted by Gasteiger charge is -2.35. The number of fused-ring (bicyclic) bond motifs is 4. The third-order valence-corrected chi connectivity index (χ3v) is 12.7. The minimum absolute atomic E-state index is 0.0596. The largest absolute Gasteiger partial charge is 0.352 e. The minimum atomic E-state index is -0.231. The molecule has 4 aliphatic rings. The Hall–Kier alpha value is -4.25. The van der Waals surface area contributed by atoms with Crippen LogP contribution < -0.4 is 10.6 Å². The summed E-state index contributed by atoms with van der Waals surface area (Å²) >= 11 is 7.12. The number of benzene rings is 2. The van der Waals surface area contributed by atoms with Gasteiger partial charge < -0.3 is 29.5 Å². The first-order valence-electron chi connectivity index (χ1n) is 18.1. The summed E-state index contributed by atoms with van der Waals surface area (Å²) in [6, 6.07) is 11.8. The first kappa shape index (κ1) is 33.9. The molecule has 2 aromatic carbocycles. The number of likely N-dealkylation sites (N-methyl/N-ethyl adjacent to an activating group) is 1. The van der Waals surface area contributed by atoms with Gasteiger partial charge in [-0.1, -0.05) is 42.4 Å². The lowest BCUT2D eigenvalue weighted by atomic mass is 9.82. The van der Waals surface area contributed by atoms with Gasteiger partial charge in [-0.2, -0.15) is 0 Å². The Kier molecular flexibility index (Phi) is 8.47. The number of carbonyl (C=O) groups is 2. The van der Waals surface area contributed by atoms with Gasteiger partial charge in [0, 0.05) is 87.7 Å². The zero-order valence-corrected chi connectivity index (χ0v) is 30.9. The van der Waals surface area contributed by atoms with Crippen LogP contribution in [-0.4, -0.2) is 67.8 Å². The van der Waals surface area contributed by atoms with Crippen molar-refractivity contribution in [2.75, 3.05) is 37.3 Å². The van der Waals surface area contributed by atoms with Crippen LogP contribution in [0.5, 0.6) is 0 Å². The van der Waals surface area contributed by atoms with Gasteiger partial charge in [-0.05, 0) is 74.8 Å². The van der Waals surface area contributed by atoms with E-state index in [2.05, 4.69) is 45.7 Å². The number of hydrogen-bond acceptors (Lipinski definition) is 7. The van der Waals surface area contributed by atoms with Crippen molar-refractivity contribution in [2.45, 2.75) is 65.0 Å². The topological polar surface area (TPSA) is 100 Å². The highest BCUT2D eigenvalue weighted by molar-refractivity contribution is 6.36. The SMILES string of the molecule is C=C(Nc1cccc(-c2cccc(NC(=O)c3nc4c(n3C)CCN(C)C4)c2C)c1Cl)c1nc2c(n1C)CCN(CC13CCC(C=O)(CC1)C3)C2. The number of nitrogens with zero attached hydrogens (tertiary/aromatic N) is 6. The van der Waals surface area contributed by atoms with Crippen LogP contribution in [0.4, 0.5) is 11.4 Å². The van der Waals surface area contributed by atoms with Gasteiger partial charge in [-0.25, -0.2) is 9.97 Å². The second-order valence-electron chi connectivity index (χ2n) is 15.6. The highest BCUT2D eigenvalue weighted by Gasteiger charge is 2.54. The molecule has 2 saturated carbocycles. The Bertz CT molecular complexity index is 2070. The van der Waals surface area contributed by atoms with Crippen LogP contribution >= 0.6 is 11.6 Å². The van der Waals surface area contributed by atoms with E-state index < -0.39 is 0 Å². The normalized spacial score (nSPS) is 22.8. The Morgan fingerprint density at radius 2 is 1.53 bits per heavy atom. The highest BCUT2D eigenvalue weighted by Crippen LogP contribution is 2.61. The van der Waals surface area contributed by atoms with E-state index in [1.165, 1.54) is 12.0 Å². The maximum atomic E-state index is 13.5. The predicted octanol–water partition coefficient (Wildman–Crippen LogP) is 6.61. The fourth-order valence-electron chi connectivity index (χ4n) is 9.37. The Labute approximate surface area is 304 Å². The van der Waals surface area contributed by atoms with E-state index in [1.54, 1.807) is 0 Å². The van der Waals surface area contributed by atoms with Gasteiger partial charge >= 0.3 is 0 Å². The molecule has 0 radical (unpaired) electrons. The van der Waals surface area contributed by atoms with E-state index in [0.29, 0.717) is 22.2 Å². The molecule has 2 bridgehead atoms. The molecule has 4 heterocycles. The standard InChI is InChI=1S/C40H47ClN8O2/c1-25-27(8-6-10-29(25)45-38(51)37-44-31-20-46(3)18-12-33(31)48(37)5)28-9-7-11-30(35(28)41)42-26(2)36-43-32-21-49(19-13-34(32)47(36)4)23-39-14-16-40(22-39,24-50)17-15-39/h6-11,24,42H,2,12-23H2,1,3-5H3,(H,45,51). The molecule has 2 aliphatic heterocycles. The molecule has 0 unspecified atom stereocenters. The first-order chi connectivity index (χ1) is 24.5. The van der Waals surface area contributed by atoms with Crippen molar-refractivity contribution in [1.82, 2.24) is 28.9 Å².